The van der Waals surface area contributed by atoms with Crippen molar-refractivity contribution in [1.82, 2.24) is 4.90 Å². The van der Waals surface area contributed by atoms with E-state index >= 15 is 0 Å². The largest absolute Gasteiger partial charge is 0.478 e. The second-order valence-corrected chi connectivity index (χ2v) is 10.0. The van der Waals surface area contributed by atoms with Crippen molar-refractivity contribution < 1.29 is 9.90 Å². The fraction of sp³-hybridized carbons (Fsp3) is 0.423. The summed E-state index contributed by atoms with van der Waals surface area (Å²) in [6.07, 6.45) is 6.17. The van der Waals surface area contributed by atoms with Crippen LogP contribution < -0.4 is 4.90 Å². The summed E-state index contributed by atoms with van der Waals surface area (Å²) in [7, 11) is 0. The maximum atomic E-state index is 11.4. The van der Waals surface area contributed by atoms with Gasteiger partial charge in [-0.15, -0.1) is 0 Å². The van der Waals surface area contributed by atoms with Gasteiger partial charge < -0.3 is 10.0 Å². The predicted molar refractivity (Wildman–Crippen MR) is 136 cm³/mol. The van der Waals surface area contributed by atoms with Gasteiger partial charge in [0.1, 0.15) is 0 Å². The molecular formula is C26H30BrClN2O2. The summed E-state index contributed by atoms with van der Waals surface area (Å²) >= 11 is 9.61. The van der Waals surface area contributed by atoms with Gasteiger partial charge in [-0.25, -0.2) is 4.79 Å². The average molecular weight is 518 g/mol. The molecular weight excluding hydrogens is 488 g/mol. The molecule has 2 aromatic rings. The van der Waals surface area contributed by atoms with Crippen LogP contribution in [-0.2, 0) is 0 Å². The third-order valence-corrected chi connectivity index (χ3v) is 8.01. The Morgan fingerprint density at radius 1 is 1.00 bits per heavy atom. The van der Waals surface area contributed by atoms with Crippen LogP contribution in [0.15, 0.2) is 46.4 Å². The molecule has 1 fully saturated rings. The summed E-state index contributed by atoms with van der Waals surface area (Å²) < 4.78 is 0.682. The van der Waals surface area contributed by atoms with Crippen molar-refractivity contribution in [3.63, 3.8) is 0 Å². The fourth-order valence-corrected chi connectivity index (χ4v) is 5.55. The molecule has 1 N–H and O–H groups in total. The van der Waals surface area contributed by atoms with Gasteiger partial charge >= 0.3 is 5.97 Å². The number of piperazine rings is 1. The molecule has 0 spiro atoms. The summed E-state index contributed by atoms with van der Waals surface area (Å²) in [6, 6.07) is 12.0. The van der Waals surface area contributed by atoms with E-state index in [1.807, 2.05) is 25.1 Å². The Morgan fingerprint density at radius 2 is 1.69 bits per heavy atom. The Kier molecular flexibility index (Phi) is 7.59. The molecule has 4 nitrogen and oxygen atoms in total. The van der Waals surface area contributed by atoms with Crippen LogP contribution in [-0.4, -0.2) is 48.7 Å². The highest BCUT2D eigenvalue weighted by molar-refractivity contribution is 9.10. The van der Waals surface area contributed by atoms with Crippen molar-refractivity contribution in [1.29, 1.82) is 0 Å². The van der Waals surface area contributed by atoms with Gasteiger partial charge in [-0.05, 0) is 89.5 Å². The van der Waals surface area contributed by atoms with E-state index < -0.39 is 5.97 Å². The lowest BCUT2D eigenvalue weighted by Gasteiger charge is -2.37. The molecule has 1 aliphatic carbocycles. The quantitative estimate of drug-likeness (QED) is 0.482. The number of halogens is 2. The number of hydrogen-bond acceptors (Lipinski definition) is 3. The topological polar surface area (TPSA) is 43.8 Å². The molecule has 0 bridgehead atoms. The van der Waals surface area contributed by atoms with Gasteiger partial charge in [0.2, 0.25) is 0 Å². The van der Waals surface area contributed by atoms with E-state index in [1.165, 1.54) is 36.8 Å². The lowest BCUT2D eigenvalue weighted by molar-refractivity contribution is 0.0696. The first-order chi connectivity index (χ1) is 15.4. The molecule has 6 heteroatoms. The van der Waals surface area contributed by atoms with Crippen molar-refractivity contribution in [3.05, 3.63) is 68.2 Å². The van der Waals surface area contributed by atoms with Crippen molar-refractivity contribution in [3.8, 4) is 0 Å². The van der Waals surface area contributed by atoms with Gasteiger partial charge in [-0.3, -0.25) is 4.90 Å². The van der Waals surface area contributed by atoms with E-state index in [0.717, 1.165) is 55.4 Å². The van der Waals surface area contributed by atoms with Crippen LogP contribution in [0.2, 0.25) is 5.02 Å². The van der Waals surface area contributed by atoms with Crippen molar-refractivity contribution in [2.75, 3.05) is 37.6 Å². The third kappa shape index (κ3) is 5.22. The number of nitrogens with zero attached hydrogens (tertiary/aromatic N) is 2. The molecule has 0 radical (unpaired) electrons. The number of benzene rings is 2. The summed E-state index contributed by atoms with van der Waals surface area (Å²) in [4.78, 5) is 16.4. The minimum absolute atomic E-state index is 0.319. The molecule has 0 atom stereocenters. The summed E-state index contributed by atoms with van der Waals surface area (Å²) in [6.45, 7) is 6.94. The lowest BCUT2D eigenvalue weighted by atomic mass is 9.95. The van der Waals surface area contributed by atoms with Crippen molar-refractivity contribution >= 4 is 44.8 Å². The second kappa shape index (κ2) is 10.4. The molecule has 2 aromatic carbocycles. The van der Waals surface area contributed by atoms with Crippen molar-refractivity contribution in [2.24, 2.45) is 0 Å². The third-order valence-electron chi connectivity index (χ3n) is 6.74. The van der Waals surface area contributed by atoms with Crippen molar-refractivity contribution in [2.45, 2.75) is 39.0 Å². The maximum Gasteiger partial charge on any atom is 0.336 e. The Hall–Kier alpha value is -1.82. The fourth-order valence-electron chi connectivity index (χ4n) is 4.92. The molecule has 1 aliphatic heterocycles. The number of carboxylic acids is 1. The van der Waals surface area contributed by atoms with E-state index in [0.29, 0.717) is 10.0 Å². The highest BCUT2D eigenvalue weighted by Gasteiger charge is 2.23. The number of anilines is 1. The van der Waals surface area contributed by atoms with Crippen LogP contribution in [0.1, 0.15) is 53.6 Å². The summed E-state index contributed by atoms with van der Waals surface area (Å²) in [5.74, 6) is -0.899. The Balaban J connectivity index is 1.46. The molecule has 32 heavy (non-hydrogen) atoms. The van der Waals surface area contributed by atoms with E-state index in [2.05, 4.69) is 37.9 Å². The molecule has 2 aliphatic rings. The molecule has 1 saturated heterocycles. The zero-order valence-corrected chi connectivity index (χ0v) is 20.9. The van der Waals surface area contributed by atoms with Crippen LogP contribution >= 0.6 is 27.5 Å². The molecule has 4 rings (SSSR count). The molecule has 0 amide bonds. The predicted octanol–water partition coefficient (Wildman–Crippen LogP) is 6.65. The molecule has 1 heterocycles. The SMILES string of the molecule is Cc1c(N2CCN(CC3=C(c4ccc(Cl)cc4)CCCCC3)CC2)ccc(C(=O)O)c1Br. The van der Waals surface area contributed by atoms with E-state index in [1.54, 1.807) is 11.6 Å². The number of carboxylic acid groups (broad SMARTS) is 1. The average Bonchev–Trinajstić information content (AvgIpc) is 3.02. The van der Waals surface area contributed by atoms with E-state index in [4.69, 9.17) is 11.6 Å². The number of aromatic carboxylic acids is 1. The first kappa shape index (κ1) is 23.3. The first-order valence-electron chi connectivity index (χ1n) is 11.4. The molecule has 0 saturated carbocycles. The van der Waals surface area contributed by atoms with E-state index in [-0.39, 0.29) is 0 Å². The number of hydrogen-bond donors (Lipinski definition) is 1. The maximum absolute atomic E-state index is 11.4. The Bertz CT molecular complexity index is 1010. The molecule has 170 valence electrons. The van der Waals surface area contributed by atoms with Crippen LogP contribution in [0.5, 0.6) is 0 Å². The molecule has 0 unspecified atom stereocenters. The van der Waals surface area contributed by atoms with Gasteiger partial charge in [0, 0.05) is 47.9 Å². The highest BCUT2D eigenvalue weighted by atomic mass is 79.9. The zero-order valence-electron chi connectivity index (χ0n) is 18.5. The number of allylic oxidation sites excluding steroid dienone is 1. The molecule has 0 aromatic heterocycles. The first-order valence-corrected chi connectivity index (χ1v) is 12.6. The van der Waals surface area contributed by atoms with Crippen LogP contribution in [0.3, 0.4) is 0 Å². The normalized spacial score (nSPS) is 18.0. The smallest absolute Gasteiger partial charge is 0.336 e. The minimum Gasteiger partial charge on any atom is -0.478 e. The second-order valence-electron chi connectivity index (χ2n) is 8.79. The number of carbonyl (C=O) groups is 1. The Labute approximate surface area is 204 Å². The minimum atomic E-state index is -0.899. The van der Waals surface area contributed by atoms with Crippen LogP contribution in [0.25, 0.3) is 5.57 Å². The number of rotatable bonds is 5. The lowest BCUT2D eigenvalue weighted by Crippen LogP contribution is -2.47. The highest BCUT2D eigenvalue weighted by Crippen LogP contribution is 2.34. The Morgan fingerprint density at radius 3 is 2.38 bits per heavy atom. The monoisotopic (exact) mass is 516 g/mol. The van der Waals surface area contributed by atoms with E-state index in [9.17, 15) is 9.90 Å². The van der Waals surface area contributed by atoms with Gasteiger partial charge in [-0.2, -0.15) is 0 Å². The summed E-state index contributed by atoms with van der Waals surface area (Å²) in [5.41, 5.74) is 6.87. The van der Waals surface area contributed by atoms with Crippen LogP contribution in [0, 0.1) is 6.92 Å². The van der Waals surface area contributed by atoms with Gasteiger partial charge in [-0.1, -0.05) is 35.7 Å². The summed E-state index contributed by atoms with van der Waals surface area (Å²) in [5, 5.41) is 10.1. The van der Waals surface area contributed by atoms with Gasteiger partial charge in [0.05, 0.1) is 5.56 Å². The van der Waals surface area contributed by atoms with Gasteiger partial charge in [0.15, 0.2) is 0 Å². The zero-order chi connectivity index (χ0) is 22.7. The van der Waals surface area contributed by atoms with Crippen LogP contribution in [0.4, 0.5) is 5.69 Å². The standard InChI is InChI=1S/C26H30BrClN2O2/c1-18-24(12-11-23(25(18)27)26(31)32)30-15-13-29(14-16-30)17-20-5-3-2-4-6-22(20)19-7-9-21(28)10-8-19/h7-12H,2-6,13-17H2,1H3,(H,31,32). The van der Waals surface area contributed by atoms with Gasteiger partial charge in [0.25, 0.3) is 0 Å².